The lowest BCUT2D eigenvalue weighted by molar-refractivity contribution is -0.211. The number of hydroxylamine groups is 2. The lowest BCUT2D eigenvalue weighted by Gasteiger charge is -2.45. The number of hydrogen-bond donors (Lipinski definition) is 1. The fourth-order valence-corrected chi connectivity index (χ4v) is 2.63. The third-order valence-corrected chi connectivity index (χ3v) is 3.15. The predicted molar refractivity (Wildman–Crippen MR) is 43.7 cm³/mol. The Bertz CT molecular complexity index is 146. The Balaban J connectivity index is 2.08. The van der Waals surface area contributed by atoms with Crippen LogP contribution in [-0.4, -0.2) is 28.5 Å². The van der Waals surface area contributed by atoms with Crippen molar-refractivity contribution in [1.82, 2.24) is 5.06 Å². The van der Waals surface area contributed by atoms with Gasteiger partial charge in [0.05, 0.1) is 0 Å². The summed E-state index contributed by atoms with van der Waals surface area (Å²) in [5.41, 5.74) is 0. The zero-order valence-electron chi connectivity index (χ0n) is 7.41. The van der Waals surface area contributed by atoms with Crippen molar-refractivity contribution in [2.75, 3.05) is 0 Å². The minimum Gasteiger partial charge on any atom is -0.313 e. The van der Waals surface area contributed by atoms with E-state index in [1.54, 1.807) is 0 Å². The van der Waals surface area contributed by atoms with Gasteiger partial charge in [-0.3, -0.25) is 0 Å². The highest BCUT2D eigenvalue weighted by molar-refractivity contribution is 4.90. The summed E-state index contributed by atoms with van der Waals surface area (Å²) in [6.45, 7) is 2.19. The summed E-state index contributed by atoms with van der Waals surface area (Å²) < 4.78 is 13.1. The normalized spacial score (nSPS) is 49.2. The van der Waals surface area contributed by atoms with E-state index in [1.807, 2.05) is 0 Å². The van der Waals surface area contributed by atoms with E-state index in [0.29, 0.717) is 18.8 Å². The second-order valence-electron chi connectivity index (χ2n) is 4.33. The first-order chi connectivity index (χ1) is 5.66. The Morgan fingerprint density at radius 1 is 1.17 bits per heavy atom. The minimum absolute atomic E-state index is 0.0856. The molecule has 2 atom stereocenters. The lowest BCUT2D eigenvalue weighted by Crippen LogP contribution is -2.52. The van der Waals surface area contributed by atoms with Gasteiger partial charge in [0.15, 0.2) is 0 Å². The largest absolute Gasteiger partial charge is 0.313 e. The van der Waals surface area contributed by atoms with Gasteiger partial charge in [-0.1, -0.05) is 6.92 Å². The standard InChI is InChI=1S/C9H16FNO/c1-6-2-8-4-7(10)5-9(3-6)11(8)12/h6-9,12H,2-5H2,1H3. The van der Waals surface area contributed by atoms with E-state index in [-0.39, 0.29) is 12.1 Å². The first-order valence-electron chi connectivity index (χ1n) is 4.78. The first kappa shape index (κ1) is 8.45. The fourth-order valence-electron chi connectivity index (χ4n) is 2.63. The Labute approximate surface area is 72.3 Å². The van der Waals surface area contributed by atoms with Crippen LogP contribution < -0.4 is 0 Å². The molecule has 2 rings (SSSR count). The molecule has 0 aromatic heterocycles. The van der Waals surface area contributed by atoms with Crippen molar-refractivity contribution >= 4 is 0 Å². The molecule has 0 radical (unpaired) electrons. The van der Waals surface area contributed by atoms with E-state index >= 15 is 0 Å². The van der Waals surface area contributed by atoms with Crippen molar-refractivity contribution < 1.29 is 9.60 Å². The van der Waals surface area contributed by atoms with Crippen molar-refractivity contribution in [2.24, 2.45) is 5.92 Å². The molecule has 0 aliphatic carbocycles. The quantitative estimate of drug-likeness (QED) is 0.605. The van der Waals surface area contributed by atoms with Crippen LogP contribution >= 0.6 is 0 Å². The molecule has 2 bridgehead atoms. The first-order valence-corrected chi connectivity index (χ1v) is 4.78. The number of rotatable bonds is 0. The molecule has 2 aliphatic heterocycles. The van der Waals surface area contributed by atoms with E-state index in [1.165, 1.54) is 5.06 Å². The van der Waals surface area contributed by atoms with Gasteiger partial charge in [-0.2, -0.15) is 5.06 Å². The Kier molecular flexibility index (Phi) is 2.09. The number of fused-ring (bicyclic) bond motifs is 2. The predicted octanol–water partition coefficient (Wildman–Crippen LogP) is 1.98. The molecule has 0 aromatic rings. The van der Waals surface area contributed by atoms with Gasteiger partial charge in [0.1, 0.15) is 6.17 Å². The smallest absolute Gasteiger partial charge is 0.103 e. The highest BCUT2D eigenvalue weighted by Crippen LogP contribution is 2.36. The Morgan fingerprint density at radius 3 is 2.17 bits per heavy atom. The van der Waals surface area contributed by atoms with Gasteiger partial charge in [-0.05, 0) is 31.6 Å². The molecule has 0 saturated carbocycles. The van der Waals surface area contributed by atoms with Gasteiger partial charge in [0.2, 0.25) is 0 Å². The zero-order chi connectivity index (χ0) is 8.72. The summed E-state index contributed by atoms with van der Waals surface area (Å²) in [6, 6.07) is 0.171. The molecule has 3 heteroatoms. The molecular weight excluding hydrogens is 157 g/mol. The fraction of sp³-hybridized carbons (Fsp3) is 1.00. The molecule has 0 aromatic carbocycles. The van der Waals surface area contributed by atoms with Crippen LogP contribution in [0.4, 0.5) is 4.39 Å². The molecule has 70 valence electrons. The number of nitrogens with zero attached hydrogens (tertiary/aromatic N) is 1. The maximum Gasteiger partial charge on any atom is 0.103 e. The lowest BCUT2D eigenvalue weighted by atomic mass is 9.80. The average Bonchev–Trinajstić information content (AvgIpc) is 1.94. The highest BCUT2D eigenvalue weighted by atomic mass is 19.1. The topological polar surface area (TPSA) is 23.5 Å². The molecule has 1 N–H and O–H groups in total. The summed E-state index contributed by atoms with van der Waals surface area (Å²) >= 11 is 0. The van der Waals surface area contributed by atoms with Crippen molar-refractivity contribution in [3.05, 3.63) is 0 Å². The molecule has 2 fully saturated rings. The van der Waals surface area contributed by atoms with Gasteiger partial charge < -0.3 is 5.21 Å². The van der Waals surface area contributed by atoms with E-state index in [2.05, 4.69) is 6.92 Å². The van der Waals surface area contributed by atoms with Crippen LogP contribution in [0.3, 0.4) is 0 Å². The van der Waals surface area contributed by atoms with Crippen molar-refractivity contribution in [3.63, 3.8) is 0 Å². The van der Waals surface area contributed by atoms with Gasteiger partial charge in [-0.15, -0.1) is 0 Å². The number of alkyl halides is 1. The van der Waals surface area contributed by atoms with E-state index in [0.717, 1.165) is 12.8 Å². The van der Waals surface area contributed by atoms with Crippen LogP contribution in [0.25, 0.3) is 0 Å². The molecule has 2 aliphatic rings. The van der Waals surface area contributed by atoms with Crippen molar-refractivity contribution in [2.45, 2.75) is 50.9 Å². The number of hydrogen-bond acceptors (Lipinski definition) is 2. The van der Waals surface area contributed by atoms with E-state index in [4.69, 9.17) is 0 Å². The summed E-state index contributed by atoms with van der Waals surface area (Å²) in [6.07, 6.45) is 2.27. The van der Waals surface area contributed by atoms with Crippen LogP contribution in [-0.2, 0) is 0 Å². The van der Waals surface area contributed by atoms with Crippen molar-refractivity contribution in [1.29, 1.82) is 0 Å². The van der Waals surface area contributed by atoms with Crippen LogP contribution in [0.2, 0.25) is 0 Å². The maximum atomic E-state index is 13.1. The zero-order valence-corrected chi connectivity index (χ0v) is 7.41. The van der Waals surface area contributed by atoms with E-state index in [9.17, 15) is 9.60 Å². The van der Waals surface area contributed by atoms with E-state index < -0.39 is 6.17 Å². The number of piperidine rings is 2. The third-order valence-electron chi connectivity index (χ3n) is 3.15. The molecular formula is C9H16FNO. The molecule has 0 spiro atoms. The molecule has 2 heterocycles. The number of halogens is 1. The summed E-state index contributed by atoms with van der Waals surface area (Å²) in [4.78, 5) is 0. The highest BCUT2D eigenvalue weighted by Gasteiger charge is 2.40. The summed E-state index contributed by atoms with van der Waals surface area (Å²) in [7, 11) is 0. The van der Waals surface area contributed by atoms with Gasteiger partial charge in [0.25, 0.3) is 0 Å². The third kappa shape index (κ3) is 1.36. The van der Waals surface area contributed by atoms with Crippen LogP contribution in [0, 0.1) is 5.92 Å². The molecule has 2 saturated heterocycles. The SMILES string of the molecule is CC1CC2CC(F)CC(C1)N2O. The Morgan fingerprint density at radius 2 is 1.67 bits per heavy atom. The van der Waals surface area contributed by atoms with Crippen LogP contribution in [0.1, 0.15) is 32.6 Å². The average molecular weight is 173 g/mol. The minimum atomic E-state index is -0.684. The van der Waals surface area contributed by atoms with Crippen molar-refractivity contribution in [3.8, 4) is 0 Å². The van der Waals surface area contributed by atoms with Crippen LogP contribution in [0.15, 0.2) is 0 Å². The van der Waals surface area contributed by atoms with Gasteiger partial charge >= 0.3 is 0 Å². The second kappa shape index (κ2) is 2.96. The Hall–Kier alpha value is -0.150. The maximum absolute atomic E-state index is 13.1. The second-order valence-corrected chi connectivity index (χ2v) is 4.33. The molecule has 12 heavy (non-hydrogen) atoms. The molecule has 2 nitrogen and oxygen atoms in total. The molecule has 0 amide bonds. The van der Waals surface area contributed by atoms with Gasteiger partial charge in [-0.25, -0.2) is 4.39 Å². The van der Waals surface area contributed by atoms with Gasteiger partial charge in [0, 0.05) is 12.1 Å². The molecule has 2 unspecified atom stereocenters. The monoisotopic (exact) mass is 173 g/mol. The summed E-state index contributed by atoms with van der Waals surface area (Å²) in [5.74, 6) is 0.649. The van der Waals surface area contributed by atoms with Crippen LogP contribution in [0.5, 0.6) is 0 Å². The summed E-state index contributed by atoms with van der Waals surface area (Å²) in [5, 5.41) is 11.0.